The molecule has 0 aliphatic carbocycles. The van der Waals surface area contributed by atoms with Crippen LogP contribution in [0.5, 0.6) is 0 Å². The maximum atomic E-state index is 12.8. The number of nitrogens with zero attached hydrogens (tertiary/aromatic N) is 3. The Balaban J connectivity index is 1.78. The van der Waals surface area contributed by atoms with E-state index in [1.807, 2.05) is 35.7 Å². The van der Waals surface area contributed by atoms with Gasteiger partial charge in [-0.2, -0.15) is 0 Å². The minimum absolute atomic E-state index is 0.0202. The van der Waals surface area contributed by atoms with E-state index in [2.05, 4.69) is 4.98 Å². The van der Waals surface area contributed by atoms with Crippen LogP contribution < -0.4 is 0 Å². The first-order valence-electron chi connectivity index (χ1n) is 7.15. The number of fused-ring (bicyclic) bond motifs is 1. The Morgan fingerprint density at radius 1 is 1.29 bits per heavy atom. The van der Waals surface area contributed by atoms with Crippen molar-refractivity contribution in [2.75, 3.05) is 0 Å². The SMILES string of the molecule is O=C1C(c2ccccc2)=C(O)N(Cc2cnc(Cl)s2)C2SC=CN12. The molecule has 1 atom stereocenters. The summed E-state index contributed by atoms with van der Waals surface area (Å²) in [4.78, 5) is 21.2. The van der Waals surface area contributed by atoms with Gasteiger partial charge in [-0.3, -0.25) is 9.69 Å². The number of benzene rings is 1. The number of carbonyl (C=O) groups excluding carboxylic acids is 1. The van der Waals surface area contributed by atoms with Crippen molar-refractivity contribution in [2.24, 2.45) is 0 Å². The fourth-order valence-corrected chi connectivity index (χ4v) is 4.65. The first-order chi connectivity index (χ1) is 11.6. The van der Waals surface area contributed by atoms with E-state index < -0.39 is 0 Å². The number of rotatable bonds is 3. The minimum Gasteiger partial charge on any atom is -0.494 e. The molecule has 3 heterocycles. The van der Waals surface area contributed by atoms with E-state index in [4.69, 9.17) is 11.6 Å². The number of amides is 1. The van der Waals surface area contributed by atoms with Crippen molar-refractivity contribution in [1.82, 2.24) is 14.8 Å². The molecule has 5 nitrogen and oxygen atoms in total. The number of hydrogen-bond donors (Lipinski definition) is 1. The highest BCUT2D eigenvalue weighted by molar-refractivity contribution is 8.02. The maximum Gasteiger partial charge on any atom is 0.266 e. The van der Waals surface area contributed by atoms with Crippen molar-refractivity contribution in [2.45, 2.75) is 12.0 Å². The van der Waals surface area contributed by atoms with E-state index in [9.17, 15) is 9.90 Å². The third-order valence-electron chi connectivity index (χ3n) is 3.78. The zero-order valence-electron chi connectivity index (χ0n) is 12.3. The van der Waals surface area contributed by atoms with Crippen molar-refractivity contribution in [3.05, 3.63) is 68.9 Å². The molecule has 24 heavy (non-hydrogen) atoms. The Kier molecular flexibility index (Phi) is 3.99. The topological polar surface area (TPSA) is 56.7 Å². The maximum absolute atomic E-state index is 12.8. The molecule has 0 saturated carbocycles. The van der Waals surface area contributed by atoms with Crippen molar-refractivity contribution >= 4 is 46.2 Å². The highest BCUT2D eigenvalue weighted by Gasteiger charge is 2.41. The summed E-state index contributed by atoms with van der Waals surface area (Å²) in [6.45, 7) is 0.426. The summed E-state index contributed by atoms with van der Waals surface area (Å²) in [5, 5.41) is 12.7. The molecule has 0 spiro atoms. The third-order valence-corrected chi connectivity index (χ3v) is 5.89. The van der Waals surface area contributed by atoms with Crippen LogP contribution in [0, 0.1) is 0 Å². The first-order valence-corrected chi connectivity index (χ1v) is 9.29. The van der Waals surface area contributed by atoms with Crippen molar-refractivity contribution in [1.29, 1.82) is 0 Å². The third kappa shape index (κ3) is 2.58. The second-order valence-electron chi connectivity index (χ2n) is 5.23. The van der Waals surface area contributed by atoms with Gasteiger partial charge in [-0.1, -0.05) is 53.7 Å². The molecule has 1 aromatic carbocycles. The smallest absolute Gasteiger partial charge is 0.266 e. The van der Waals surface area contributed by atoms with Gasteiger partial charge in [-0.25, -0.2) is 4.98 Å². The van der Waals surface area contributed by atoms with E-state index in [0.29, 0.717) is 22.1 Å². The molecule has 1 aromatic heterocycles. The number of thiazole rings is 1. The summed E-state index contributed by atoms with van der Waals surface area (Å²) in [5.41, 5.74) is 0.691. The second-order valence-corrected chi connectivity index (χ2v) is 7.90. The molecule has 2 aliphatic rings. The molecular weight excluding hydrogens is 366 g/mol. The Bertz CT molecular complexity index is 850. The molecule has 0 bridgehead atoms. The summed E-state index contributed by atoms with van der Waals surface area (Å²) >= 11 is 8.74. The Hall–Kier alpha value is -1.96. The molecule has 8 heteroatoms. The molecule has 0 saturated heterocycles. The standard InChI is InChI=1S/C16H12ClN3O2S2/c17-15-18-8-11(24-15)9-20-14(22)12(10-4-2-1-3-5-10)13(21)19-6-7-23-16(19)20/h1-8,16,22H,9H2. The lowest BCUT2D eigenvalue weighted by Gasteiger charge is -2.39. The first kappa shape index (κ1) is 15.6. The number of halogens is 1. The quantitative estimate of drug-likeness (QED) is 0.879. The van der Waals surface area contributed by atoms with Crippen LogP contribution >= 0.6 is 34.7 Å². The van der Waals surface area contributed by atoms with E-state index in [1.165, 1.54) is 23.1 Å². The van der Waals surface area contributed by atoms with Crippen molar-refractivity contribution in [3.63, 3.8) is 0 Å². The van der Waals surface area contributed by atoms with E-state index in [0.717, 1.165) is 4.88 Å². The van der Waals surface area contributed by atoms with Crippen molar-refractivity contribution in [3.8, 4) is 0 Å². The molecule has 2 aromatic rings. The summed E-state index contributed by atoms with van der Waals surface area (Å²) in [6.07, 6.45) is 3.44. The monoisotopic (exact) mass is 377 g/mol. The van der Waals surface area contributed by atoms with Gasteiger partial charge in [0, 0.05) is 17.3 Å². The zero-order chi connectivity index (χ0) is 16.7. The number of aliphatic hydroxyl groups excluding tert-OH is 1. The van der Waals surface area contributed by atoms with Gasteiger partial charge in [0.15, 0.2) is 9.96 Å². The lowest BCUT2D eigenvalue weighted by molar-refractivity contribution is -0.127. The van der Waals surface area contributed by atoms with Crippen LogP contribution in [0.2, 0.25) is 4.47 Å². The van der Waals surface area contributed by atoms with Crippen LogP contribution in [-0.2, 0) is 11.3 Å². The molecule has 4 rings (SSSR count). The fourth-order valence-electron chi connectivity index (χ4n) is 2.71. The van der Waals surface area contributed by atoms with Gasteiger partial charge in [0.05, 0.1) is 6.54 Å². The molecule has 0 fully saturated rings. The average molecular weight is 378 g/mol. The fraction of sp³-hybridized carbons (Fsp3) is 0.125. The molecule has 1 amide bonds. The normalized spacial score (nSPS) is 20.0. The van der Waals surface area contributed by atoms with Crippen LogP contribution in [0.1, 0.15) is 10.4 Å². The van der Waals surface area contributed by atoms with E-state index >= 15 is 0 Å². The second kappa shape index (κ2) is 6.16. The molecule has 1 N–H and O–H groups in total. The van der Waals surface area contributed by atoms with Crippen LogP contribution in [0.25, 0.3) is 5.57 Å². The van der Waals surface area contributed by atoms with Gasteiger partial charge in [0.2, 0.25) is 5.88 Å². The number of hydrogen-bond acceptors (Lipinski definition) is 6. The number of thioether (sulfide) groups is 1. The molecular formula is C16H12ClN3O2S2. The highest BCUT2D eigenvalue weighted by atomic mass is 35.5. The van der Waals surface area contributed by atoms with Gasteiger partial charge >= 0.3 is 0 Å². The van der Waals surface area contributed by atoms with E-state index in [-0.39, 0.29) is 17.3 Å². The predicted molar refractivity (Wildman–Crippen MR) is 96.0 cm³/mol. The summed E-state index contributed by atoms with van der Waals surface area (Å²) in [5.74, 6) is -0.225. The van der Waals surface area contributed by atoms with Crippen LogP contribution in [-0.4, -0.2) is 31.3 Å². The summed E-state index contributed by atoms with van der Waals surface area (Å²) in [6, 6.07) is 9.20. The Labute approximate surface area is 151 Å². The van der Waals surface area contributed by atoms with Crippen LogP contribution in [0.15, 0.2) is 54.0 Å². The zero-order valence-corrected chi connectivity index (χ0v) is 14.7. The highest BCUT2D eigenvalue weighted by Crippen LogP contribution is 2.40. The van der Waals surface area contributed by atoms with Gasteiger partial charge in [0.1, 0.15) is 5.57 Å². The lowest BCUT2D eigenvalue weighted by Crippen LogP contribution is -2.48. The number of aromatic nitrogens is 1. The summed E-state index contributed by atoms with van der Waals surface area (Å²) < 4.78 is 0.457. The Morgan fingerprint density at radius 3 is 2.79 bits per heavy atom. The minimum atomic E-state index is -0.300. The van der Waals surface area contributed by atoms with Crippen LogP contribution in [0.4, 0.5) is 0 Å². The Morgan fingerprint density at radius 2 is 2.08 bits per heavy atom. The predicted octanol–water partition coefficient (Wildman–Crippen LogP) is 3.87. The van der Waals surface area contributed by atoms with Gasteiger partial charge in [0.25, 0.3) is 5.91 Å². The van der Waals surface area contributed by atoms with Gasteiger partial charge < -0.3 is 10.0 Å². The van der Waals surface area contributed by atoms with Crippen molar-refractivity contribution < 1.29 is 9.90 Å². The van der Waals surface area contributed by atoms with Crippen LogP contribution in [0.3, 0.4) is 0 Å². The van der Waals surface area contributed by atoms with E-state index in [1.54, 1.807) is 22.2 Å². The molecule has 1 unspecified atom stereocenters. The van der Waals surface area contributed by atoms with Gasteiger partial charge in [-0.15, -0.1) is 11.3 Å². The average Bonchev–Trinajstić information content (AvgIpc) is 3.22. The number of carbonyl (C=O) groups is 1. The molecule has 0 radical (unpaired) electrons. The van der Waals surface area contributed by atoms with Gasteiger partial charge in [-0.05, 0) is 11.0 Å². The molecule has 122 valence electrons. The number of aliphatic hydroxyl groups is 1. The molecule has 2 aliphatic heterocycles. The largest absolute Gasteiger partial charge is 0.494 e. The lowest BCUT2D eigenvalue weighted by atomic mass is 10.0. The summed E-state index contributed by atoms with van der Waals surface area (Å²) in [7, 11) is 0.